The van der Waals surface area contributed by atoms with Crippen LogP contribution >= 0.6 is 13.5 Å². The van der Waals surface area contributed by atoms with E-state index >= 15 is 0 Å². The zero-order valence-electron chi connectivity index (χ0n) is 10.4. The van der Waals surface area contributed by atoms with Crippen molar-refractivity contribution in [2.75, 3.05) is 0 Å². The van der Waals surface area contributed by atoms with E-state index in [4.69, 9.17) is 0 Å². The first-order chi connectivity index (χ1) is 8.93. The third kappa shape index (κ3) is 3.93. The van der Waals surface area contributed by atoms with E-state index in [0.29, 0.717) is 0 Å². The van der Waals surface area contributed by atoms with E-state index in [0.717, 1.165) is 0 Å². The van der Waals surface area contributed by atoms with Crippen molar-refractivity contribution in [2.45, 2.75) is 0 Å². The van der Waals surface area contributed by atoms with Crippen LogP contribution in [0, 0.1) is 0 Å². The van der Waals surface area contributed by atoms with Crippen molar-refractivity contribution >= 4 is 64.9 Å². The number of benzene rings is 2. The van der Waals surface area contributed by atoms with Crippen molar-refractivity contribution in [3.63, 3.8) is 0 Å². The fraction of sp³-hybridized carbons (Fsp3) is 0. The summed E-state index contributed by atoms with van der Waals surface area (Å²) in [4.78, 5) is 6.24. The fourth-order valence-electron chi connectivity index (χ4n) is 1.99. The summed E-state index contributed by atoms with van der Waals surface area (Å²) in [6, 6.07) is 20.6. The van der Waals surface area contributed by atoms with Crippen molar-refractivity contribution in [2.24, 2.45) is 0 Å². The number of hydrogen-bond acceptors (Lipinski definition) is 0. The molecule has 0 bridgehead atoms. The molecule has 0 unspecified atom stereocenters. The number of rotatable bonds is 0. The molecule has 2 heterocycles. The van der Waals surface area contributed by atoms with Gasteiger partial charge in [0.2, 0.25) is 0 Å². The molecule has 0 aliphatic carbocycles. The van der Waals surface area contributed by atoms with Crippen LogP contribution in [0.4, 0.5) is 0 Å². The van der Waals surface area contributed by atoms with Crippen LogP contribution < -0.4 is 0 Å². The number of nitrogens with one attached hydrogen (secondary N) is 2. The summed E-state index contributed by atoms with van der Waals surface area (Å²) in [5.74, 6) is 0. The molecule has 2 aromatic heterocycles. The van der Waals surface area contributed by atoms with Gasteiger partial charge in [-0.25, -0.2) is 0 Å². The number of H-pyrrole nitrogens is 2. The monoisotopic (exact) mass is 292 g/mol. The zero-order valence-corrected chi connectivity index (χ0v) is 11.4. The number of aromatic nitrogens is 2. The molecular weight excluding hydrogens is 275 g/mol. The van der Waals surface area contributed by atoms with Gasteiger partial charge in [-0.15, -0.1) is 0 Å². The Bertz CT molecular complexity index is 634. The van der Waals surface area contributed by atoms with Gasteiger partial charge in [0, 0.05) is 23.4 Å². The molecule has 2 aromatic carbocycles. The topological polar surface area (TPSA) is 31.6 Å². The van der Waals surface area contributed by atoms with Gasteiger partial charge >= 0.3 is 29.6 Å². The molecule has 4 heteroatoms. The van der Waals surface area contributed by atoms with Gasteiger partial charge in [-0.3, -0.25) is 0 Å². The first kappa shape index (κ1) is 16.9. The summed E-state index contributed by atoms with van der Waals surface area (Å²) >= 11 is 0. The van der Waals surface area contributed by atoms with E-state index in [1.807, 2.05) is 36.7 Å². The third-order valence-electron chi connectivity index (χ3n) is 2.93. The summed E-state index contributed by atoms with van der Waals surface area (Å²) in [7, 11) is 0. The number of aromatic amines is 2. The van der Waals surface area contributed by atoms with Gasteiger partial charge in [0.1, 0.15) is 0 Å². The Kier molecular flexibility index (Phi) is 6.96. The first-order valence-electron chi connectivity index (χ1n) is 5.98. The van der Waals surface area contributed by atoms with Crippen molar-refractivity contribution in [1.29, 1.82) is 0 Å². The largest absolute Gasteiger partial charge is 0.361 e. The molecule has 0 fully saturated rings. The maximum absolute atomic E-state index is 3.12. The van der Waals surface area contributed by atoms with Crippen molar-refractivity contribution in [3.05, 3.63) is 73.1 Å². The van der Waals surface area contributed by atoms with E-state index < -0.39 is 0 Å². The van der Waals surface area contributed by atoms with Crippen LogP contribution in [0.15, 0.2) is 73.1 Å². The molecule has 2 N–H and O–H groups in total. The summed E-state index contributed by atoms with van der Waals surface area (Å²) in [5, 5.41) is 2.55. The summed E-state index contributed by atoms with van der Waals surface area (Å²) in [6.07, 6.45) is 3.90. The molecule has 0 atom stereocenters. The molecule has 0 saturated heterocycles. The van der Waals surface area contributed by atoms with E-state index in [1.165, 1.54) is 21.8 Å². The first-order valence-corrected chi connectivity index (χ1v) is 5.98. The van der Waals surface area contributed by atoms with Gasteiger partial charge < -0.3 is 9.97 Å². The van der Waals surface area contributed by atoms with Crippen LogP contribution in [-0.4, -0.2) is 39.5 Å². The second-order valence-electron chi connectivity index (χ2n) is 4.13. The Morgan fingerprint density at radius 1 is 0.550 bits per heavy atom. The SMILES string of the molecule is S.[NaH].c1ccc2[nH]ccc2c1.c1ccc2[nH]ccc2c1. The van der Waals surface area contributed by atoms with E-state index in [2.05, 4.69) is 46.4 Å². The van der Waals surface area contributed by atoms with E-state index in [9.17, 15) is 0 Å². The summed E-state index contributed by atoms with van der Waals surface area (Å²) in [5.41, 5.74) is 2.41. The normalized spacial score (nSPS) is 9.20. The number of hydrogen-bond donors (Lipinski definition) is 2. The molecule has 0 aliphatic heterocycles. The Hall–Kier alpha value is -1.13. The Labute approximate surface area is 147 Å². The van der Waals surface area contributed by atoms with Gasteiger partial charge in [-0.05, 0) is 35.0 Å². The smallest absolute Gasteiger partial charge is 0.0453 e. The second-order valence-corrected chi connectivity index (χ2v) is 4.13. The van der Waals surface area contributed by atoms with E-state index in [-0.39, 0.29) is 43.1 Å². The Balaban J connectivity index is 0.000000182. The molecule has 0 amide bonds. The van der Waals surface area contributed by atoms with Gasteiger partial charge in [-0.1, -0.05) is 36.4 Å². The van der Waals surface area contributed by atoms with Crippen molar-refractivity contribution < 1.29 is 0 Å². The fourth-order valence-corrected chi connectivity index (χ4v) is 1.99. The maximum atomic E-state index is 3.12. The maximum Gasteiger partial charge on any atom is 0.0453 e. The minimum absolute atomic E-state index is 0. The van der Waals surface area contributed by atoms with Gasteiger partial charge in [0.15, 0.2) is 0 Å². The van der Waals surface area contributed by atoms with Gasteiger partial charge in [0.05, 0.1) is 0 Å². The number of fused-ring (bicyclic) bond motifs is 2. The molecule has 0 spiro atoms. The van der Waals surface area contributed by atoms with Gasteiger partial charge in [-0.2, -0.15) is 13.5 Å². The molecular formula is C16H17N2NaS. The zero-order chi connectivity index (χ0) is 12.2. The van der Waals surface area contributed by atoms with Crippen LogP contribution in [0.25, 0.3) is 21.8 Å². The molecule has 4 rings (SSSR count). The van der Waals surface area contributed by atoms with Crippen LogP contribution in [0.3, 0.4) is 0 Å². The molecule has 4 aromatic rings. The number of para-hydroxylation sites is 2. The summed E-state index contributed by atoms with van der Waals surface area (Å²) in [6.45, 7) is 0. The second kappa shape index (κ2) is 8.22. The predicted molar refractivity (Wildman–Crippen MR) is 94.1 cm³/mol. The molecule has 98 valence electrons. The third-order valence-corrected chi connectivity index (χ3v) is 2.93. The quantitative estimate of drug-likeness (QED) is 0.462. The van der Waals surface area contributed by atoms with Crippen LogP contribution in [0.5, 0.6) is 0 Å². The Morgan fingerprint density at radius 3 is 1.35 bits per heavy atom. The standard InChI is InChI=1S/2C8H7N.Na.H2S.H/c2*1-2-4-8-7(3-1)5-6-9-8;;;/h2*1-6,9H;;1H2;. The molecule has 0 aliphatic rings. The van der Waals surface area contributed by atoms with Crippen molar-refractivity contribution in [1.82, 2.24) is 9.97 Å². The van der Waals surface area contributed by atoms with Crippen LogP contribution in [-0.2, 0) is 0 Å². The minimum Gasteiger partial charge on any atom is -0.361 e. The minimum atomic E-state index is 0. The van der Waals surface area contributed by atoms with E-state index in [1.54, 1.807) is 0 Å². The molecule has 2 nitrogen and oxygen atoms in total. The molecule has 0 saturated carbocycles. The average Bonchev–Trinajstić information content (AvgIpc) is 3.08. The molecule has 0 radical (unpaired) electrons. The predicted octanol–water partition coefficient (Wildman–Crippen LogP) is 3.80. The van der Waals surface area contributed by atoms with Gasteiger partial charge in [0.25, 0.3) is 0 Å². The Morgan fingerprint density at radius 2 is 0.950 bits per heavy atom. The molecule has 20 heavy (non-hydrogen) atoms. The van der Waals surface area contributed by atoms with Crippen LogP contribution in [0.1, 0.15) is 0 Å². The van der Waals surface area contributed by atoms with Crippen LogP contribution in [0.2, 0.25) is 0 Å². The van der Waals surface area contributed by atoms with Crippen molar-refractivity contribution in [3.8, 4) is 0 Å². The average molecular weight is 292 g/mol. The summed E-state index contributed by atoms with van der Waals surface area (Å²) < 4.78 is 0.